The molecule has 3 aromatic heterocycles. The van der Waals surface area contributed by atoms with E-state index in [2.05, 4.69) is 47.9 Å². The first-order valence-electron chi connectivity index (χ1n) is 10.4. The molecule has 7 heteroatoms. The summed E-state index contributed by atoms with van der Waals surface area (Å²) in [7, 11) is 0. The van der Waals surface area contributed by atoms with Gasteiger partial charge in [-0.05, 0) is 18.2 Å². The second-order valence-electron chi connectivity index (χ2n) is 8.66. The van der Waals surface area contributed by atoms with Gasteiger partial charge in [-0.15, -0.1) is 0 Å². The highest BCUT2D eigenvalue weighted by Crippen LogP contribution is 2.57. The number of aliphatic hydroxyl groups is 1. The third kappa shape index (κ3) is 2.63. The molecule has 4 fully saturated rings. The van der Waals surface area contributed by atoms with Crippen molar-refractivity contribution in [1.82, 2.24) is 29.7 Å². The van der Waals surface area contributed by atoms with E-state index in [4.69, 9.17) is 0 Å². The van der Waals surface area contributed by atoms with E-state index in [1.165, 1.54) is 16.7 Å². The Morgan fingerprint density at radius 2 is 1.07 bits per heavy atom. The van der Waals surface area contributed by atoms with E-state index in [0.29, 0.717) is 0 Å². The molecule has 0 aromatic carbocycles. The Balaban J connectivity index is 1.54. The maximum Gasteiger partial charge on any atom is 0.0931 e. The first-order chi connectivity index (χ1) is 14.8. The Hall–Kier alpha value is -2.71. The molecule has 4 bridgehead atoms. The van der Waals surface area contributed by atoms with Gasteiger partial charge in [-0.3, -0.25) is 29.7 Å². The Kier molecular flexibility index (Phi) is 4.17. The van der Waals surface area contributed by atoms with Crippen LogP contribution in [0.15, 0.2) is 73.6 Å². The number of aliphatic hydroxyl groups excluding tert-OH is 1. The molecule has 4 saturated heterocycles. The minimum Gasteiger partial charge on any atom is -0.396 e. The van der Waals surface area contributed by atoms with Gasteiger partial charge in [-0.1, -0.05) is 18.2 Å². The van der Waals surface area contributed by atoms with Gasteiger partial charge >= 0.3 is 0 Å². The maximum atomic E-state index is 10.4. The zero-order chi connectivity index (χ0) is 20.1. The zero-order valence-corrected chi connectivity index (χ0v) is 16.6. The van der Waals surface area contributed by atoms with Crippen molar-refractivity contribution in [3.63, 3.8) is 0 Å². The molecule has 4 aliphatic rings. The lowest BCUT2D eigenvalue weighted by Gasteiger charge is -2.70. The first-order valence-corrected chi connectivity index (χ1v) is 10.4. The van der Waals surface area contributed by atoms with Crippen molar-refractivity contribution in [3.8, 4) is 0 Å². The van der Waals surface area contributed by atoms with Gasteiger partial charge in [0.2, 0.25) is 0 Å². The minimum atomic E-state index is -0.157. The lowest BCUT2D eigenvalue weighted by Crippen LogP contribution is -2.75. The molecule has 0 spiro atoms. The van der Waals surface area contributed by atoms with Gasteiger partial charge in [0.15, 0.2) is 0 Å². The normalized spacial score (nSPS) is 36.7. The molecular weight excluding hydrogens is 376 g/mol. The van der Waals surface area contributed by atoms with Crippen LogP contribution in [-0.2, 0) is 0 Å². The van der Waals surface area contributed by atoms with E-state index >= 15 is 0 Å². The molecule has 0 aliphatic carbocycles. The molecule has 0 amide bonds. The molecule has 152 valence electrons. The van der Waals surface area contributed by atoms with E-state index in [9.17, 15) is 5.11 Å². The second kappa shape index (κ2) is 6.92. The number of aromatic nitrogens is 3. The standard InChI is InChI=1S/C23H24N6O/c30-16-23-13-27-20(17-4-1-7-24-10-17)28(14-23)22(19-6-3-9-26-12-19)29(15-23)21(27)18-5-2-8-25-11-18/h1-12,20-22,30H,13-16H2. The number of hydrogen-bond donors (Lipinski definition) is 1. The molecule has 7 rings (SSSR count). The monoisotopic (exact) mass is 400 g/mol. The van der Waals surface area contributed by atoms with Crippen molar-refractivity contribution in [3.05, 3.63) is 90.3 Å². The van der Waals surface area contributed by atoms with Crippen molar-refractivity contribution in [1.29, 1.82) is 0 Å². The summed E-state index contributed by atoms with van der Waals surface area (Å²) < 4.78 is 0. The Bertz CT molecular complexity index is 876. The molecule has 7 nitrogen and oxygen atoms in total. The number of nitrogens with zero attached hydrogens (tertiary/aromatic N) is 6. The Morgan fingerprint density at radius 3 is 1.33 bits per heavy atom. The summed E-state index contributed by atoms with van der Waals surface area (Å²) in [5.74, 6) is 0. The van der Waals surface area contributed by atoms with Crippen molar-refractivity contribution in [2.24, 2.45) is 5.41 Å². The first kappa shape index (κ1) is 18.1. The van der Waals surface area contributed by atoms with E-state index in [0.717, 1.165) is 19.6 Å². The summed E-state index contributed by atoms with van der Waals surface area (Å²) in [4.78, 5) is 20.7. The van der Waals surface area contributed by atoms with Crippen LogP contribution in [-0.4, -0.2) is 61.0 Å². The smallest absolute Gasteiger partial charge is 0.0931 e. The summed E-state index contributed by atoms with van der Waals surface area (Å²) in [5.41, 5.74) is 3.37. The summed E-state index contributed by atoms with van der Waals surface area (Å²) in [5, 5.41) is 10.4. The van der Waals surface area contributed by atoms with Gasteiger partial charge in [0, 0.05) is 78.9 Å². The van der Waals surface area contributed by atoms with Crippen LogP contribution in [0.1, 0.15) is 35.2 Å². The van der Waals surface area contributed by atoms with Crippen LogP contribution >= 0.6 is 0 Å². The fraction of sp³-hybridized carbons (Fsp3) is 0.348. The third-order valence-electron chi connectivity index (χ3n) is 6.72. The predicted molar refractivity (Wildman–Crippen MR) is 111 cm³/mol. The molecule has 0 saturated carbocycles. The lowest BCUT2D eigenvalue weighted by molar-refractivity contribution is -0.291. The number of rotatable bonds is 4. The second-order valence-corrected chi connectivity index (χ2v) is 8.66. The molecule has 3 aromatic rings. The van der Waals surface area contributed by atoms with Crippen LogP contribution in [0.4, 0.5) is 0 Å². The fourth-order valence-corrected chi connectivity index (χ4v) is 5.69. The minimum absolute atomic E-state index is 0.0744. The molecular formula is C23H24N6O. The fourth-order valence-electron chi connectivity index (χ4n) is 5.69. The number of pyridine rings is 3. The van der Waals surface area contributed by atoms with Gasteiger partial charge in [0.25, 0.3) is 0 Å². The molecule has 4 aliphatic heterocycles. The van der Waals surface area contributed by atoms with Crippen LogP contribution in [0.2, 0.25) is 0 Å². The van der Waals surface area contributed by atoms with Crippen molar-refractivity contribution >= 4 is 0 Å². The van der Waals surface area contributed by atoms with Crippen molar-refractivity contribution < 1.29 is 5.11 Å². The van der Waals surface area contributed by atoms with Crippen LogP contribution < -0.4 is 0 Å². The summed E-state index contributed by atoms with van der Waals surface area (Å²) >= 11 is 0. The van der Waals surface area contributed by atoms with Crippen LogP contribution in [0, 0.1) is 5.41 Å². The van der Waals surface area contributed by atoms with Gasteiger partial charge in [0.1, 0.15) is 0 Å². The largest absolute Gasteiger partial charge is 0.396 e. The van der Waals surface area contributed by atoms with Crippen LogP contribution in [0.25, 0.3) is 0 Å². The summed E-state index contributed by atoms with van der Waals surface area (Å²) in [6.07, 6.45) is 11.6. The van der Waals surface area contributed by atoms with Crippen molar-refractivity contribution in [2.45, 2.75) is 18.5 Å². The number of hydrogen-bond acceptors (Lipinski definition) is 7. The van der Waals surface area contributed by atoms with Gasteiger partial charge in [0.05, 0.1) is 25.1 Å². The van der Waals surface area contributed by atoms with E-state index in [1.54, 1.807) is 0 Å². The average Bonchev–Trinajstić information content (AvgIpc) is 2.81. The van der Waals surface area contributed by atoms with Crippen LogP contribution in [0.5, 0.6) is 0 Å². The highest BCUT2D eigenvalue weighted by atomic mass is 16.3. The molecule has 30 heavy (non-hydrogen) atoms. The van der Waals surface area contributed by atoms with Crippen molar-refractivity contribution in [2.75, 3.05) is 26.2 Å². The molecule has 0 radical (unpaired) electrons. The maximum absolute atomic E-state index is 10.4. The molecule has 1 N–H and O–H groups in total. The molecule has 7 heterocycles. The molecule has 0 atom stereocenters. The highest BCUT2D eigenvalue weighted by Gasteiger charge is 2.61. The topological polar surface area (TPSA) is 68.6 Å². The molecule has 0 unspecified atom stereocenters. The third-order valence-corrected chi connectivity index (χ3v) is 6.72. The van der Waals surface area contributed by atoms with E-state index < -0.39 is 0 Å². The van der Waals surface area contributed by atoms with Gasteiger partial charge in [-0.25, -0.2) is 0 Å². The van der Waals surface area contributed by atoms with Gasteiger partial charge in [-0.2, -0.15) is 0 Å². The average molecular weight is 400 g/mol. The van der Waals surface area contributed by atoms with E-state index in [-0.39, 0.29) is 30.5 Å². The highest BCUT2D eigenvalue weighted by molar-refractivity contribution is 5.28. The SMILES string of the molecule is OCC12CN3C(c4cccnc4)N(C1)C(c1cccnc1)N(C2)C3c1cccnc1. The zero-order valence-electron chi connectivity index (χ0n) is 16.6. The Labute approximate surface area is 175 Å². The Morgan fingerprint density at radius 1 is 0.700 bits per heavy atom. The predicted octanol–water partition coefficient (Wildman–Crippen LogP) is 2.19. The lowest BCUT2D eigenvalue weighted by atomic mass is 9.76. The summed E-state index contributed by atoms with van der Waals surface area (Å²) in [6.45, 7) is 2.70. The van der Waals surface area contributed by atoms with Gasteiger partial charge < -0.3 is 5.11 Å². The summed E-state index contributed by atoms with van der Waals surface area (Å²) in [6, 6.07) is 12.5. The van der Waals surface area contributed by atoms with E-state index in [1.807, 2.05) is 55.4 Å². The van der Waals surface area contributed by atoms with Crippen LogP contribution in [0.3, 0.4) is 0 Å². The quantitative estimate of drug-likeness (QED) is 0.720.